The molecule has 3 aromatic heterocycles. The van der Waals surface area contributed by atoms with E-state index in [1.54, 1.807) is 34.6 Å². The molecule has 4 rings (SSSR count). The van der Waals surface area contributed by atoms with Gasteiger partial charge in [-0.2, -0.15) is 0 Å². The second-order valence-corrected chi connectivity index (χ2v) is 5.76. The molecule has 0 bridgehead atoms. The second kappa shape index (κ2) is 5.23. The smallest absolute Gasteiger partial charge is 0.261 e. The van der Waals surface area contributed by atoms with Crippen molar-refractivity contribution in [1.29, 1.82) is 0 Å². The van der Waals surface area contributed by atoms with E-state index in [4.69, 9.17) is 4.42 Å². The Hall–Kier alpha value is -2.73. The van der Waals surface area contributed by atoms with Gasteiger partial charge in [-0.1, -0.05) is 18.2 Å². The number of hydrogen-bond donors (Lipinski definition) is 0. The van der Waals surface area contributed by atoms with Crippen molar-refractivity contribution in [2.24, 2.45) is 0 Å². The molecule has 0 aliphatic carbocycles. The Labute approximate surface area is 129 Å². The van der Waals surface area contributed by atoms with E-state index in [1.807, 2.05) is 35.7 Å². The molecule has 0 amide bonds. The maximum atomic E-state index is 12.4. The first-order chi connectivity index (χ1) is 10.8. The molecule has 0 spiro atoms. The lowest BCUT2D eigenvalue weighted by atomic mass is 10.2. The van der Waals surface area contributed by atoms with E-state index in [9.17, 15) is 4.79 Å². The Morgan fingerprint density at radius 2 is 2.09 bits per heavy atom. The molecule has 6 heteroatoms. The van der Waals surface area contributed by atoms with Crippen LogP contribution in [0.5, 0.6) is 0 Å². The summed E-state index contributed by atoms with van der Waals surface area (Å²) in [6.45, 7) is 0.339. The molecule has 0 fully saturated rings. The first-order valence-electron chi connectivity index (χ1n) is 6.74. The highest BCUT2D eigenvalue weighted by Gasteiger charge is 2.10. The molecule has 0 N–H and O–H groups in total. The molecule has 4 aromatic rings. The Morgan fingerprint density at radius 1 is 1.18 bits per heavy atom. The lowest BCUT2D eigenvalue weighted by molar-refractivity contribution is 0.572. The van der Waals surface area contributed by atoms with Crippen LogP contribution in [0.2, 0.25) is 0 Å². The molecule has 0 aliphatic heterocycles. The zero-order valence-corrected chi connectivity index (χ0v) is 12.3. The molecule has 0 saturated carbocycles. The Morgan fingerprint density at radius 3 is 2.95 bits per heavy atom. The molecule has 0 atom stereocenters. The number of para-hydroxylation sites is 1. The fourth-order valence-corrected chi connectivity index (χ4v) is 2.94. The highest BCUT2D eigenvalue weighted by Crippen LogP contribution is 2.23. The van der Waals surface area contributed by atoms with Crippen LogP contribution in [0.3, 0.4) is 0 Å². The Balaban J connectivity index is 1.69. The monoisotopic (exact) mass is 309 g/mol. The van der Waals surface area contributed by atoms with Gasteiger partial charge >= 0.3 is 0 Å². The number of rotatable bonds is 3. The lowest BCUT2D eigenvalue weighted by Crippen LogP contribution is -2.21. The minimum atomic E-state index is -0.0775. The van der Waals surface area contributed by atoms with E-state index in [2.05, 4.69) is 9.97 Å². The molecule has 0 aliphatic rings. The van der Waals surface area contributed by atoms with Gasteiger partial charge in [-0.3, -0.25) is 9.36 Å². The average molecular weight is 309 g/mol. The van der Waals surface area contributed by atoms with Gasteiger partial charge in [0.2, 0.25) is 5.89 Å². The van der Waals surface area contributed by atoms with E-state index in [0.29, 0.717) is 29.0 Å². The fraction of sp³-hybridized carbons (Fsp3) is 0.0625. The highest BCUT2D eigenvalue weighted by atomic mass is 32.1. The van der Waals surface area contributed by atoms with Gasteiger partial charge in [0.1, 0.15) is 6.26 Å². The Bertz CT molecular complexity index is 986. The molecular formula is C16H11N3O2S. The van der Waals surface area contributed by atoms with Crippen molar-refractivity contribution < 1.29 is 4.42 Å². The van der Waals surface area contributed by atoms with Crippen LogP contribution in [0.25, 0.3) is 21.7 Å². The fourth-order valence-electron chi connectivity index (χ4n) is 2.29. The predicted molar refractivity (Wildman–Crippen MR) is 84.9 cm³/mol. The van der Waals surface area contributed by atoms with Crippen molar-refractivity contribution in [1.82, 2.24) is 14.5 Å². The van der Waals surface area contributed by atoms with Crippen molar-refractivity contribution >= 4 is 22.2 Å². The van der Waals surface area contributed by atoms with Gasteiger partial charge in [0.05, 0.1) is 34.3 Å². The number of benzene rings is 1. The SMILES string of the molecule is O=c1c2ccccc2ncn1Cc1coc(-c2cccs2)n1. The van der Waals surface area contributed by atoms with Crippen LogP contribution < -0.4 is 5.56 Å². The molecule has 5 nitrogen and oxygen atoms in total. The van der Waals surface area contributed by atoms with Crippen molar-refractivity contribution in [3.05, 3.63) is 70.4 Å². The van der Waals surface area contributed by atoms with Crippen LogP contribution >= 0.6 is 11.3 Å². The van der Waals surface area contributed by atoms with Crippen LogP contribution in [0.15, 0.2) is 63.6 Å². The molecule has 0 radical (unpaired) electrons. The van der Waals surface area contributed by atoms with Gasteiger partial charge in [-0.05, 0) is 23.6 Å². The van der Waals surface area contributed by atoms with Crippen LogP contribution in [0, 0.1) is 0 Å². The first-order valence-corrected chi connectivity index (χ1v) is 7.62. The molecule has 108 valence electrons. The van der Waals surface area contributed by atoms with Gasteiger partial charge < -0.3 is 4.42 Å². The number of hydrogen-bond acceptors (Lipinski definition) is 5. The third kappa shape index (κ3) is 2.23. The molecule has 0 saturated heterocycles. The summed E-state index contributed by atoms with van der Waals surface area (Å²) in [7, 11) is 0. The minimum absolute atomic E-state index is 0.0775. The summed E-state index contributed by atoms with van der Waals surface area (Å²) < 4.78 is 7.01. The van der Waals surface area contributed by atoms with E-state index in [1.165, 1.54) is 0 Å². The topological polar surface area (TPSA) is 60.9 Å². The summed E-state index contributed by atoms with van der Waals surface area (Å²) in [5, 5.41) is 2.57. The lowest BCUT2D eigenvalue weighted by Gasteiger charge is -2.03. The number of thiophene rings is 1. The summed E-state index contributed by atoms with van der Waals surface area (Å²) in [4.78, 5) is 22.1. The molecule has 1 aromatic carbocycles. The van der Waals surface area contributed by atoms with E-state index < -0.39 is 0 Å². The van der Waals surface area contributed by atoms with Gasteiger partial charge in [-0.15, -0.1) is 11.3 Å². The number of aromatic nitrogens is 3. The first kappa shape index (κ1) is 13.0. The quantitative estimate of drug-likeness (QED) is 0.583. The van der Waals surface area contributed by atoms with Gasteiger partial charge in [-0.25, -0.2) is 9.97 Å². The highest BCUT2D eigenvalue weighted by molar-refractivity contribution is 7.13. The maximum Gasteiger partial charge on any atom is 0.261 e. The summed E-state index contributed by atoms with van der Waals surface area (Å²) in [6, 6.07) is 11.2. The predicted octanol–water partition coefficient (Wildman–Crippen LogP) is 3.16. The maximum absolute atomic E-state index is 12.4. The summed E-state index contributed by atoms with van der Waals surface area (Å²) in [5.41, 5.74) is 1.32. The third-order valence-electron chi connectivity index (χ3n) is 3.35. The minimum Gasteiger partial charge on any atom is -0.443 e. The normalized spacial score (nSPS) is 11.1. The average Bonchev–Trinajstić information content (AvgIpc) is 3.21. The third-order valence-corrected chi connectivity index (χ3v) is 4.21. The van der Waals surface area contributed by atoms with Crippen molar-refractivity contribution in [2.45, 2.75) is 6.54 Å². The van der Waals surface area contributed by atoms with Gasteiger partial charge in [0, 0.05) is 0 Å². The number of oxazole rings is 1. The molecule has 22 heavy (non-hydrogen) atoms. The number of nitrogens with zero attached hydrogens (tertiary/aromatic N) is 3. The van der Waals surface area contributed by atoms with Crippen LogP contribution in [-0.2, 0) is 6.54 Å². The van der Waals surface area contributed by atoms with E-state index >= 15 is 0 Å². The Kier molecular flexibility index (Phi) is 3.08. The zero-order chi connectivity index (χ0) is 14.9. The molecule has 0 unspecified atom stereocenters. The second-order valence-electron chi connectivity index (χ2n) is 4.82. The summed E-state index contributed by atoms with van der Waals surface area (Å²) in [6.07, 6.45) is 3.13. The summed E-state index contributed by atoms with van der Waals surface area (Å²) >= 11 is 1.56. The van der Waals surface area contributed by atoms with E-state index in [-0.39, 0.29) is 5.56 Å². The van der Waals surface area contributed by atoms with Crippen LogP contribution in [-0.4, -0.2) is 14.5 Å². The standard InChI is InChI=1S/C16H11N3O2S/c20-16-12-4-1-2-5-13(12)17-10-19(16)8-11-9-21-15(18-11)14-6-3-7-22-14/h1-7,9-10H,8H2. The zero-order valence-electron chi connectivity index (χ0n) is 11.5. The number of fused-ring (bicyclic) bond motifs is 1. The molecular weight excluding hydrogens is 298 g/mol. The van der Waals surface area contributed by atoms with Gasteiger partial charge in [0.15, 0.2) is 0 Å². The van der Waals surface area contributed by atoms with Crippen molar-refractivity contribution in [2.75, 3.05) is 0 Å². The largest absolute Gasteiger partial charge is 0.443 e. The molecule has 3 heterocycles. The van der Waals surface area contributed by atoms with Gasteiger partial charge in [0.25, 0.3) is 5.56 Å². The van der Waals surface area contributed by atoms with Crippen LogP contribution in [0.1, 0.15) is 5.69 Å². The summed E-state index contributed by atoms with van der Waals surface area (Å²) in [5.74, 6) is 0.576. The van der Waals surface area contributed by atoms with Crippen molar-refractivity contribution in [3.63, 3.8) is 0 Å². The van der Waals surface area contributed by atoms with Crippen LogP contribution in [0.4, 0.5) is 0 Å². The van der Waals surface area contributed by atoms with Crippen molar-refractivity contribution in [3.8, 4) is 10.8 Å². The van der Waals surface area contributed by atoms with E-state index in [0.717, 1.165) is 4.88 Å².